The molecule has 0 bridgehead atoms. The van der Waals surface area contributed by atoms with Crippen molar-refractivity contribution in [1.82, 2.24) is 19.9 Å². The largest absolute Gasteiger partial charge is 0.312 e. The molecule has 100 valence electrons. The maximum absolute atomic E-state index is 5.51. The van der Waals surface area contributed by atoms with Crippen molar-refractivity contribution in [3.8, 4) is 11.1 Å². The van der Waals surface area contributed by atoms with Gasteiger partial charge in [0.2, 0.25) is 0 Å². The van der Waals surface area contributed by atoms with Gasteiger partial charge in [0.15, 0.2) is 5.65 Å². The van der Waals surface area contributed by atoms with E-state index in [1.165, 1.54) is 11.3 Å². The second-order valence-electron chi connectivity index (χ2n) is 5.00. The summed E-state index contributed by atoms with van der Waals surface area (Å²) in [4.78, 5) is 4.62. The molecule has 1 aliphatic rings. The van der Waals surface area contributed by atoms with Crippen molar-refractivity contribution in [3.05, 3.63) is 52.4 Å². The predicted octanol–water partition coefficient (Wildman–Crippen LogP) is 2.70. The van der Waals surface area contributed by atoms with Gasteiger partial charge in [0, 0.05) is 37.0 Å². The number of hydrogen-bond donors (Lipinski definition) is 2. The number of benzene rings is 1. The summed E-state index contributed by atoms with van der Waals surface area (Å²) in [6, 6.07) is 10.2. The standard InChI is InChI=1S/C15H14N4S/c20-15-13(10-4-2-1-3-5-10)14-17-9-11-8-16-7-6-12(11)19(14)18-15/h1-5,9,16H,6-8H2,(H,18,20). The van der Waals surface area contributed by atoms with E-state index in [9.17, 15) is 0 Å². The Morgan fingerprint density at radius 1 is 1.20 bits per heavy atom. The van der Waals surface area contributed by atoms with Gasteiger partial charge in [-0.3, -0.25) is 5.10 Å². The molecule has 3 heterocycles. The van der Waals surface area contributed by atoms with Gasteiger partial charge < -0.3 is 5.32 Å². The molecule has 5 heteroatoms. The SMILES string of the molecule is S=c1[nH]n2c3c(cnc2c1-c1ccccc1)CNCC3. The monoisotopic (exact) mass is 282 g/mol. The molecule has 0 atom stereocenters. The fraction of sp³-hybridized carbons (Fsp3) is 0.200. The summed E-state index contributed by atoms with van der Waals surface area (Å²) in [5.41, 5.74) is 5.56. The molecule has 0 aliphatic carbocycles. The molecule has 2 N–H and O–H groups in total. The minimum Gasteiger partial charge on any atom is -0.312 e. The maximum atomic E-state index is 5.51. The molecule has 20 heavy (non-hydrogen) atoms. The van der Waals surface area contributed by atoms with Crippen LogP contribution in [0.2, 0.25) is 0 Å². The van der Waals surface area contributed by atoms with Gasteiger partial charge >= 0.3 is 0 Å². The smallest absolute Gasteiger partial charge is 0.162 e. The lowest BCUT2D eigenvalue weighted by molar-refractivity contribution is 0.610. The van der Waals surface area contributed by atoms with Gasteiger partial charge in [-0.1, -0.05) is 42.5 Å². The third kappa shape index (κ3) is 1.71. The summed E-state index contributed by atoms with van der Waals surface area (Å²) < 4.78 is 2.80. The lowest BCUT2D eigenvalue weighted by atomic mass is 10.1. The zero-order valence-corrected chi connectivity index (χ0v) is 11.7. The van der Waals surface area contributed by atoms with Crippen LogP contribution < -0.4 is 5.32 Å². The Hall–Kier alpha value is -1.98. The Kier molecular flexibility index (Phi) is 2.68. The Bertz CT molecular complexity index is 832. The van der Waals surface area contributed by atoms with E-state index in [1.807, 2.05) is 24.4 Å². The summed E-state index contributed by atoms with van der Waals surface area (Å²) in [6.07, 6.45) is 2.95. The first-order valence-electron chi connectivity index (χ1n) is 6.72. The van der Waals surface area contributed by atoms with E-state index in [4.69, 9.17) is 12.2 Å². The van der Waals surface area contributed by atoms with Crippen molar-refractivity contribution in [3.63, 3.8) is 0 Å². The fourth-order valence-electron chi connectivity index (χ4n) is 2.81. The molecule has 4 rings (SSSR count). The molecule has 1 aromatic carbocycles. The van der Waals surface area contributed by atoms with Crippen LogP contribution in [0.5, 0.6) is 0 Å². The number of rotatable bonds is 1. The van der Waals surface area contributed by atoms with Crippen LogP contribution in [0.25, 0.3) is 16.8 Å². The topological polar surface area (TPSA) is 45.1 Å². The van der Waals surface area contributed by atoms with Crippen LogP contribution in [0.15, 0.2) is 36.5 Å². The number of fused-ring (bicyclic) bond motifs is 3. The van der Waals surface area contributed by atoms with E-state index in [0.717, 1.165) is 40.9 Å². The minimum atomic E-state index is 0.746. The average molecular weight is 282 g/mol. The first-order chi connectivity index (χ1) is 9.84. The maximum Gasteiger partial charge on any atom is 0.162 e. The van der Waals surface area contributed by atoms with Crippen LogP contribution in [-0.2, 0) is 13.0 Å². The number of nitrogens with zero attached hydrogens (tertiary/aromatic N) is 2. The van der Waals surface area contributed by atoms with Crippen molar-refractivity contribution in [1.29, 1.82) is 0 Å². The van der Waals surface area contributed by atoms with E-state index in [1.54, 1.807) is 0 Å². The molecule has 0 saturated carbocycles. The summed E-state index contributed by atoms with van der Waals surface area (Å²) in [5, 5.41) is 6.66. The molecule has 0 amide bonds. The van der Waals surface area contributed by atoms with Gasteiger partial charge in [0.1, 0.15) is 4.64 Å². The summed E-state index contributed by atoms with van der Waals surface area (Å²) in [7, 11) is 0. The Labute approximate surface area is 121 Å². The molecular formula is C15H14N4S. The van der Waals surface area contributed by atoms with Gasteiger partial charge in [0.25, 0.3) is 0 Å². The molecular weight excluding hydrogens is 268 g/mol. The molecule has 0 saturated heterocycles. The highest BCUT2D eigenvalue weighted by Gasteiger charge is 2.17. The number of H-pyrrole nitrogens is 1. The molecule has 4 nitrogen and oxygen atoms in total. The number of nitrogens with one attached hydrogen (secondary N) is 2. The van der Waals surface area contributed by atoms with E-state index < -0.39 is 0 Å². The fourth-order valence-corrected chi connectivity index (χ4v) is 3.11. The average Bonchev–Trinajstić information content (AvgIpc) is 2.84. The van der Waals surface area contributed by atoms with Crippen LogP contribution in [0.1, 0.15) is 11.3 Å². The van der Waals surface area contributed by atoms with Crippen molar-refractivity contribution >= 4 is 17.9 Å². The van der Waals surface area contributed by atoms with Gasteiger partial charge in [-0.2, -0.15) is 0 Å². The third-order valence-corrected chi connectivity index (χ3v) is 4.07. The Balaban J connectivity index is 2.04. The van der Waals surface area contributed by atoms with Crippen LogP contribution in [-0.4, -0.2) is 21.1 Å². The first kappa shape index (κ1) is 11.8. The normalized spacial score (nSPS) is 14.4. The highest BCUT2D eigenvalue weighted by atomic mass is 32.1. The minimum absolute atomic E-state index is 0.746. The summed E-state index contributed by atoms with van der Waals surface area (Å²) >= 11 is 5.51. The lowest BCUT2D eigenvalue weighted by Crippen LogP contribution is -2.26. The molecule has 0 radical (unpaired) electrons. The number of aromatic amines is 1. The summed E-state index contributed by atoms with van der Waals surface area (Å²) in [6.45, 7) is 1.86. The van der Waals surface area contributed by atoms with Crippen molar-refractivity contribution in [2.24, 2.45) is 0 Å². The Morgan fingerprint density at radius 3 is 2.90 bits per heavy atom. The molecule has 3 aromatic rings. The second kappa shape index (κ2) is 4.54. The van der Waals surface area contributed by atoms with Crippen molar-refractivity contribution in [2.45, 2.75) is 13.0 Å². The highest BCUT2D eigenvalue weighted by Crippen LogP contribution is 2.26. The van der Waals surface area contributed by atoms with Crippen LogP contribution in [0, 0.1) is 4.64 Å². The molecule has 0 spiro atoms. The van der Waals surface area contributed by atoms with Crippen molar-refractivity contribution < 1.29 is 0 Å². The van der Waals surface area contributed by atoms with Gasteiger partial charge in [0.05, 0.1) is 5.56 Å². The molecule has 1 aliphatic heterocycles. The zero-order valence-electron chi connectivity index (χ0n) is 10.9. The third-order valence-electron chi connectivity index (χ3n) is 3.78. The highest BCUT2D eigenvalue weighted by molar-refractivity contribution is 7.71. The summed E-state index contributed by atoms with van der Waals surface area (Å²) in [5.74, 6) is 0. The van der Waals surface area contributed by atoms with E-state index in [-0.39, 0.29) is 0 Å². The van der Waals surface area contributed by atoms with E-state index in [0.29, 0.717) is 0 Å². The molecule has 0 unspecified atom stereocenters. The lowest BCUT2D eigenvalue weighted by Gasteiger charge is -2.17. The van der Waals surface area contributed by atoms with Gasteiger partial charge in [-0.05, 0) is 5.56 Å². The number of hydrogen-bond acceptors (Lipinski definition) is 3. The zero-order chi connectivity index (χ0) is 13.5. The van der Waals surface area contributed by atoms with Crippen LogP contribution >= 0.6 is 12.2 Å². The van der Waals surface area contributed by atoms with Crippen LogP contribution in [0.3, 0.4) is 0 Å². The quantitative estimate of drug-likeness (QED) is 0.675. The number of aromatic nitrogens is 3. The predicted molar refractivity (Wildman–Crippen MR) is 81.2 cm³/mol. The van der Waals surface area contributed by atoms with E-state index in [2.05, 4.69) is 32.0 Å². The molecule has 2 aromatic heterocycles. The van der Waals surface area contributed by atoms with E-state index >= 15 is 0 Å². The molecule has 0 fully saturated rings. The second-order valence-corrected chi connectivity index (χ2v) is 5.41. The van der Waals surface area contributed by atoms with Gasteiger partial charge in [-0.15, -0.1) is 0 Å². The Morgan fingerprint density at radius 2 is 2.05 bits per heavy atom. The van der Waals surface area contributed by atoms with Crippen molar-refractivity contribution in [2.75, 3.05) is 6.54 Å². The first-order valence-corrected chi connectivity index (χ1v) is 7.13. The van der Waals surface area contributed by atoms with Gasteiger partial charge in [-0.25, -0.2) is 9.50 Å². The van der Waals surface area contributed by atoms with Crippen LogP contribution in [0.4, 0.5) is 0 Å².